The van der Waals surface area contributed by atoms with Crippen LogP contribution < -0.4 is 0 Å². The van der Waals surface area contributed by atoms with Crippen LogP contribution in [0.4, 0.5) is 0 Å². The van der Waals surface area contributed by atoms with Gasteiger partial charge < -0.3 is 14.7 Å². The second-order valence-electron chi connectivity index (χ2n) is 5.67. The number of hydrogen-bond donors (Lipinski definition) is 1. The van der Waals surface area contributed by atoms with Crippen LogP contribution in [0, 0.1) is 5.41 Å². The van der Waals surface area contributed by atoms with Gasteiger partial charge >= 0.3 is 5.97 Å². The molecule has 2 aliphatic rings. The van der Waals surface area contributed by atoms with Gasteiger partial charge in [-0.05, 0) is 26.2 Å². The molecular weight excluding hydrogens is 278 g/mol. The number of amides is 1. The van der Waals surface area contributed by atoms with Gasteiger partial charge in [-0.2, -0.15) is 0 Å². The maximum Gasteiger partial charge on any atom is 0.313 e. The third-order valence-corrected chi connectivity index (χ3v) is 5.61. The molecule has 2 fully saturated rings. The van der Waals surface area contributed by atoms with Crippen molar-refractivity contribution >= 4 is 23.6 Å². The quantitative estimate of drug-likeness (QED) is 0.774. The Morgan fingerprint density at radius 1 is 1.40 bits per heavy atom. The lowest BCUT2D eigenvalue weighted by Crippen LogP contribution is -2.68. The Hall–Kier alpha value is -0.750. The topological polar surface area (TPSA) is 66.8 Å². The number of hydrogen-bond acceptors (Lipinski definition) is 4. The van der Waals surface area contributed by atoms with Crippen LogP contribution in [0.25, 0.3) is 0 Å². The number of ether oxygens (including phenoxy) is 1. The monoisotopic (exact) mass is 301 g/mol. The van der Waals surface area contributed by atoms with Crippen molar-refractivity contribution in [3.05, 3.63) is 0 Å². The number of thioether (sulfide) groups is 1. The molecule has 0 saturated heterocycles. The first-order valence-electron chi connectivity index (χ1n) is 7.18. The zero-order valence-corrected chi connectivity index (χ0v) is 12.9. The molecule has 20 heavy (non-hydrogen) atoms. The molecule has 0 heterocycles. The molecule has 2 atom stereocenters. The van der Waals surface area contributed by atoms with Gasteiger partial charge in [-0.25, -0.2) is 0 Å². The van der Waals surface area contributed by atoms with Crippen molar-refractivity contribution in [1.82, 2.24) is 4.90 Å². The zero-order chi connectivity index (χ0) is 14.8. The van der Waals surface area contributed by atoms with Crippen molar-refractivity contribution in [1.29, 1.82) is 0 Å². The maximum absolute atomic E-state index is 12.1. The third-order valence-electron chi connectivity index (χ3n) is 4.71. The van der Waals surface area contributed by atoms with Crippen molar-refractivity contribution in [2.75, 3.05) is 25.2 Å². The van der Waals surface area contributed by atoms with Gasteiger partial charge in [0.05, 0.1) is 17.6 Å². The van der Waals surface area contributed by atoms with Gasteiger partial charge in [0.25, 0.3) is 0 Å². The fourth-order valence-electron chi connectivity index (χ4n) is 3.45. The highest BCUT2D eigenvalue weighted by atomic mass is 32.2. The molecule has 0 aromatic rings. The number of carbonyl (C=O) groups is 2. The van der Waals surface area contributed by atoms with E-state index in [1.54, 1.807) is 0 Å². The highest BCUT2D eigenvalue weighted by Crippen LogP contribution is 2.58. The molecule has 0 aromatic heterocycles. The minimum atomic E-state index is -0.874. The average Bonchev–Trinajstić information content (AvgIpc) is 2.30. The van der Waals surface area contributed by atoms with Crippen molar-refractivity contribution in [2.24, 2.45) is 5.41 Å². The first kappa shape index (κ1) is 15.6. The zero-order valence-electron chi connectivity index (χ0n) is 12.1. The Labute approximate surface area is 124 Å². The Morgan fingerprint density at radius 2 is 2.10 bits per heavy atom. The van der Waals surface area contributed by atoms with Crippen molar-refractivity contribution < 1.29 is 19.4 Å². The molecule has 0 aliphatic heterocycles. The van der Waals surface area contributed by atoms with Crippen molar-refractivity contribution in [3.8, 4) is 0 Å². The fourth-order valence-corrected chi connectivity index (χ4v) is 4.10. The smallest absolute Gasteiger partial charge is 0.313 e. The molecule has 2 unspecified atom stereocenters. The molecule has 1 amide bonds. The molecule has 1 spiro atoms. The van der Waals surface area contributed by atoms with Crippen LogP contribution >= 0.6 is 11.8 Å². The number of carboxylic acids is 1. The van der Waals surface area contributed by atoms with E-state index in [1.807, 2.05) is 18.9 Å². The lowest BCUT2D eigenvalue weighted by atomic mass is 9.50. The van der Waals surface area contributed by atoms with Crippen LogP contribution in [-0.2, 0) is 14.3 Å². The Morgan fingerprint density at radius 3 is 2.60 bits per heavy atom. The summed E-state index contributed by atoms with van der Waals surface area (Å²) >= 11 is 1.16. The summed E-state index contributed by atoms with van der Waals surface area (Å²) in [5.41, 5.74) is 0.178. The van der Waals surface area contributed by atoms with Crippen LogP contribution in [0.15, 0.2) is 0 Å². The summed E-state index contributed by atoms with van der Waals surface area (Å²) in [6.07, 6.45) is 4.72. The SMILES string of the molecule is CCOC1CC(N(C)C(=O)CSCC(=O)O)C12CCC2. The fraction of sp³-hybridized carbons (Fsp3) is 0.857. The Bertz CT molecular complexity index is 383. The summed E-state index contributed by atoms with van der Waals surface area (Å²) in [5, 5.41) is 8.59. The Kier molecular flexibility index (Phi) is 4.96. The largest absolute Gasteiger partial charge is 0.481 e. The van der Waals surface area contributed by atoms with Crippen LogP contribution in [0.1, 0.15) is 32.6 Å². The molecule has 2 saturated carbocycles. The van der Waals surface area contributed by atoms with Gasteiger partial charge in [0.2, 0.25) is 5.91 Å². The molecule has 0 radical (unpaired) electrons. The van der Waals surface area contributed by atoms with E-state index in [-0.39, 0.29) is 28.9 Å². The normalized spacial score (nSPS) is 26.7. The van der Waals surface area contributed by atoms with E-state index in [0.29, 0.717) is 6.10 Å². The molecule has 0 aromatic carbocycles. The first-order chi connectivity index (χ1) is 9.51. The number of aliphatic carboxylic acids is 1. The van der Waals surface area contributed by atoms with Crippen LogP contribution in [0.5, 0.6) is 0 Å². The average molecular weight is 301 g/mol. The molecule has 2 aliphatic carbocycles. The minimum Gasteiger partial charge on any atom is -0.481 e. The van der Waals surface area contributed by atoms with Crippen LogP contribution in [0.2, 0.25) is 0 Å². The summed E-state index contributed by atoms with van der Waals surface area (Å²) in [7, 11) is 1.84. The van der Waals surface area contributed by atoms with Gasteiger partial charge in [0.15, 0.2) is 0 Å². The highest BCUT2D eigenvalue weighted by molar-refractivity contribution is 8.00. The number of carboxylic acid groups (broad SMARTS) is 1. The van der Waals surface area contributed by atoms with E-state index < -0.39 is 5.97 Å². The van der Waals surface area contributed by atoms with E-state index in [0.717, 1.165) is 37.6 Å². The van der Waals surface area contributed by atoms with Crippen molar-refractivity contribution in [3.63, 3.8) is 0 Å². The van der Waals surface area contributed by atoms with E-state index in [9.17, 15) is 9.59 Å². The summed E-state index contributed by atoms with van der Waals surface area (Å²) in [6.45, 7) is 2.74. The van der Waals surface area contributed by atoms with Crippen LogP contribution in [0.3, 0.4) is 0 Å². The van der Waals surface area contributed by atoms with Crippen LogP contribution in [-0.4, -0.2) is 59.2 Å². The summed E-state index contributed by atoms with van der Waals surface area (Å²) in [5.74, 6) is -0.616. The predicted molar refractivity (Wildman–Crippen MR) is 77.8 cm³/mol. The number of nitrogens with zero attached hydrogens (tertiary/aromatic N) is 1. The van der Waals surface area contributed by atoms with E-state index >= 15 is 0 Å². The first-order valence-corrected chi connectivity index (χ1v) is 8.33. The van der Waals surface area contributed by atoms with Gasteiger partial charge in [-0.15, -0.1) is 11.8 Å². The molecular formula is C14H23NO4S. The van der Waals surface area contributed by atoms with E-state index in [2.05, 4.69) is 0 Å². The molecule has 114 valence electrons. The standard InChI is InChI=1S/C14H23NO4S/c1-3-19-11-7-10(14(11)5-4-6-14)15(2)12(16)8-20-9-13(17)18/h10-11H,3-9H2,1-2H3,(H,17,18). The molecule has 0 bridgehead atoms. The number of carbonyl (C=O) groups excluding carboxylic acids is 1. The highest BCUT2D eigenvalue weighted by Gasteiger charge is 2.60. The maximum atomic E-state index is 12.1. The summed E-state index contributed by atoms with van der Waals surface area (Å²) < 4.78 is 5.79. The lowest BCUT2D eigenvalue weighted by molar-refractivity contribution is -0.201. The number of rotatable bonds is 7. The second-order valence-corrected chi connectivity index (χ2v) is 6.66. The van der Waals surface area contributed by atoms with E-state index in [1.165, 1.54) is 6.42 Å². The van der Waals surface area contributed by atoms with Gasteiger partial charge in [-0.3, -0.25) is 9.59 Å². The van der Waals surface area contributed by atoms with E-state index in [4.69, 9.17) is 9.84 Å². The molecule has 5 nitrogen and oxygen atoms in total. The third kappa shape index (κ3) is 2.81. The summed E-state index contributed by atoms with van der Waals surface area (Å²) in [6, 6.07) is 0.269. The molecule has 6 heteroatoms. The summed E-state index contributed by atoms with van der Waals surface area (Å²) in [4.78, 5) is 24.4. The minimum absolute atomic E-state index is 0.0169. The second kappa shape index (κ2) is 6.35. The van der Waals surface area contributed by atoms with Gasteiger partial charge in [0.1, 0.15) is 0 Å². The van der Waals surface area contributed by atoms with Gasteiger partial charge in [-0.1, -0.05) is 6.42 Å². The van der Waals surface area contributed by atoms with Gasteiger partial charge in [0, 0.05) is 25.1 Å². The molecule has 2 rings (SSSR count). The van der Waals surface area contributed by atoms with Crippen molar-refractivity contribution in [2.45, 2.75) is 44.8 Å². The Balaban J connectivity index is 1.85. The lowest BCUT2D eigenvalue weighted by Gasteiger charge is -2.63. The molecule has 1 N–H and O–H groups in total. The predicted octanol–water partition coefficient (Wildman–Crippen LogP) is 1.61.